The van der Waals surface area contributed by atoms with Crippen molar-refractivity contribution in [1.82, 2.24) is 10.2 Å². The number of nitrogen functional groups attached to an aromatic ring is 1. The molecule has 1 aromatic rings. The molecule has 1 heterocycles. The van der Waals surface area contributed by atoms with Gasteiger partial charge in [-0.15, -0.1) is 0 Å². The quantitative estimate of drug-likeness (QED) is 0.832. The lowest BCUT2D eigenvalue weighted by Crippen LogP contribution is -2.37. The molecule has 0 saturated heterocycles. The van der Waals surface area contributed by atoms with Gasteiger partial charge in [0.25, 0.3) is 0 Å². The normalized spacial score (nSPS) is 20.9. The highest BCUT2D eigenvalue weighted by Gasteiger charge is 2.30. The van der Waals surface area contributed by atoms with Crippen LogP contribution >= 0.6 is 0 Å². The van der Waals surface area contributed by atoms with Crippen molar-refractivity contribution >= 4 is 12.0 Å². The summed E-state index contributed by atoms with van der Waals surface area (Å²) in [5, 5.41) is 7.59. The van der Waals surface area contributed by atoms with Crippen LogP contribution in [0.2, 0.25) is 0 Å². The highest BCUT2D eigenvalue weighted by Crippen LogP contribution is 2.37. The Hall–Kier alpha value is -1.26. The molecule has 5 nitrogen and oxygen atoms in total. The first-order valence-electron chi connectivity index (χ1n) is 5.80. The van der Waals surface area contributed by atoms with E-state index in [1.54, 1.807) is 0 Å². The van der Waals surface area contributed by atoms with Gasteiger partial charge in [-0.05, 0) is 31.1 Å². The summed E-state index contributed by atoms with van der Waals surface area (Å²) in [5.41, 5.74) is 5.90. The minimum absolute atomic E-state index is 0.137. The molecule has 1 aliphatic rings. The third kappa shape index (κ3) is 2.28. The number of hydrogen-bond donors (Lipinski definition) is 1. The Balaban J connectivity index is 1.99. The molecule has 0 bridgehead atoms. The van der Waals surface area contributed by atoms with E-state index in [1.165, 1.54) is 25.7 Å². The Morgan fingerprint density at radius 2 is 1.94 bits per heavy atom. The summed E-state index contributed by atoms with van der Waals surface area (Å²) in [6.45, 7) is 4.65. The zero-order valence-corrected chi connectivity index (χ0v) is 10.2. The second-order valence-corrected chi connectivity index (χ2v) is 5.43. The van der Waals surface area contributed by atoms with Crippen LogP contribution in [-0.2, 0) is 0 Å². The lowest BCUT2D eigenvalue weighted by atomic mass is 9.75. The Morgan fingerprint density at radius 3 is 2.44 bits per heavy atom. The van der Waals surface area contributed by atoms with E-state index in [0.717, 1.165) is 0 Å². The van der Waals surface area contributed by atoms with Crippen molar-refractivity contribution in [1.29, 1.82) is 0 Å². The van der Waals surface area contributed by atoms with E-state index < -0.39 is 0 Å². The molecule has 0 amide bonds. The van der Waals surface area contributed by atoms with Crippen molar-refractivity contribution in [3.63, 3.8) is 0 Å². The van der Waals surface area contributed by atoms with Crippen LogP contribution in [0.3, 0.4) is 0 Å². The number of hydrogen-bond acceptors (Lipinski definition) is 5. The molecule has 1 fully saturated rings. The number of nitrogens with zero attached hydrogens (tertiary/aromatic N) is 3. The molecule has 2 N–H and O–H groups in total. The van der Waals surface area contributed by atoms with Crippen LogP contribution in [0, 0.1) is 5.41 Å². The van der Waals surface area contributed by atoms with Crippen LogP contribution in [0.25, 0.3) is 0 Å². The molecule has 1 saturated carbocycles. The summed E-state index contributed by atoms with van der Waals surface area (Å²) in [6.07, 6.45) is 4.83. The number of rotatable bonds is 2. The average Bonchev–Trinajstić information content (AvgIpc) is 2.64. The fourth-order valence-corrected chi connectivity index (χ4v) is 2.30. The Kier molecular flexibility index (Phi) is 2.78. The zero-order chi connectivity index (χ0) is 11.8. The highest BCUT2D eigenvalue weighted by atomic mass is 16.4. The summed E-state index contributed by atoms with van der Waals surface area (Å²) in [6, 6.07) is 1.16. The van der Waals surface area contributed by atoms with Crippen molar-refractivity contribution in [2.75, 3.05) is 17.7 Å². The second-order valence-electron chi connectivity index (χ2n) is 5.43. The standard InChI is InChI=1S/C11H20N4O/c1-11(2)6-4-8(5-7-11)15(3)10-14-13-9(12)16-10/h8H,4-7H2,1-3H3,(H2,12,13). The first-order chi connectivity index (χ1) is 7.48. The van der Waals surface area contributed by atoms with Crippen molar-refractivity contribution in [2.45, 2.75) is 45.6 Å². The second kappa shape index (κ2) is 3.96. The van der Waals surface area contributed by atoms with E-state index in [4.69, 9.17) is 10.2 Å². The van der Waals surface area contributed by atoms with Crippen LogP contribution in [-0.4, -0.2) is 23.3 Å². The molecule has 2 rings (SSSR count). The number of nitrogens with two attached hydrogens (primary N) is 1. The van der Waals surface area contributed by atoms with Gasteiger partial charge in [0.2, 0.25) is 0 Å². The summed E-state index contributed by atoms with van der Waals surface area (Å²) in [7, 11) is 2.00. The fourth-order valence-electron chi connectivity index (χ4n) is 2.30. The molecular formula is C11H20N4O. The summed E-state index contributed by atoms with van der Waals surface area (Å²) in [5.74, 6) is 0. The maximum atomic E-state index is 5.42. The van der Waals surface area contributed by atoms with Gasteiger partial charge in [-0.1, -0.05) is 24.0 Å². The fraction of sp³-hybridized carbons (Fsp3) is 0.818. The maximum Gasteiger partial charge on any atom is 0.319 e. The van der Waals surface area contributed by atoms with Crippen LogP contribution in [0.1, 0.15) is 39.5 Å². The third-order valence-corrected chi connectivity index (χ3v) is 3.59. The van der Waals surface area contributed by atoms with Gasteiger partial charge < -0.3 is 15.1 Å². The van der Waals surface area contributed by atoms with Crippen LogP contribution in [0.4, 0.5) is 12.0 Å². The van der Waals surface area contributed by atoms with Crippen molar-refractivity contribution < 1.29 is 4.42 Å². The SMILES string of the molecule is CN(c1nnc(N)o1)C1CCC(C)(C)CC1. The molecule has 0 radical (unpaired) electrons. The lowest BCUT2D eigenvalue weighted by Gasteiger charge is -2.37. The minimum atomic E-state index is 0.137. The number of anilines is 2. The van der Waals surface area contributed by atoms with E-state index >= 15 is 0 Å². The van der Waals surface area contributed by atoms with Crippen molar-refractivity contribution in [3.8, 4) is 0 Å². The first kappa shape index (κ1) is 11.2. The topological polar surface area (TPSA) is 68.2 Å². The van der Waals surface area contributed by atoms with Gasteiger partial charge in [0.05, 0.1) is 0 Å². The molecule has 16 heavy (non-hydrogen) atoms. The van der Waals surface area contributed by atoms with Gasteiger partial charge in [-0.3, -0.25) is 0 Å². The Labute approximate surface area is 96.0 Å². The molecule has 5 heteroatoms. The molecule has 1 aromatic heterocycles. The summed E-state index contributed by atoms with van der Waals surface area (Å²) >= 11 is 0. The average molecular weight is 224 g/mol. The smallest absolute Gasteiger partial charge is 0.319 e. The summed E-state index contributed by atoms with van der Waals surface area (Å²) in [4.78, 5) is 2.05. The largest absolute Gasteiger partial charge is 0.390 e. The zero-order valence-electron chi connectivity index (χ0n) is 10.2. The van der Waals surface area contributed by atoms with E-state index in [0.29, 0.717) is 17.5 Å². The molecule has 0 aromatic carbocycles. The van der Waals surface area contributed by atoms with Crippen LogP contribution < -0.4 is 10.6 Å². The predicted molar refractivity (Wildman–Crippen MR) is 63.2 cm³/mol. The van der Waals surface area contributed by atoms with Gasteiger partial charge in [-0.25, -0.2) is 0 Å². The molecule has 90 valence electrons. The van der Waals surface area contributed by atoms with Gasteiger partial charge in [0.1, 0.15) is 0 Å². The van der Waals surface area contributed by atoms with Gasteiger partial charge in [0.15, 0.2) is 0 Å². The summed E-state index contributed by atoms with van der Waals surface area (Å²) < 4.78 is 5.23. The Morgan fingerprint density at radius 1 is 1.31 bits per heavy atom. The van der Waals surface area contributed by atoms with Crippen LogP contribution in [0.5, 0.6) is 0 Å². The highest BCUT2D eigenvalue weighted by molar-refractivity contribution is 5.28. The van der Waals surface area contributed by atoms with E-state index in [1.807, 2.05) is 7.05 Å². The predicted octanol–water partition coefficient (Wildman–Crippen LogP) is 2.06. The van der Waals surface area contributed by atoms with Crippen molar-refractivity contribution in [2.24, 2.45) is 5.41 Å². The first-order valence-corrected chi connectivity index (χ1v) is 5.80. The van der Waals surface area contributed by atoms with Gasteiger partial charge in [0, 0.05) is 13.1 Å². The van der Waals surface area contributed by atoms with Crippen molar-refractivity contribution in [3.05, 3.63) is 0 Å². The molecule has 0 unspecified atom stereocenters. The van der Waals surface area contributed by atoms with E-state index in [9.17, 15) is 0 Å². The van der Waals surface area contributed by atoms with Crippen LogP contribution in [0.15, 0.2) is 4.42 Å². The monoisotopic (exact) mass is 224 g/mol. The van der Waals surface area contributed by atoms with E-state index in [-0.39, 0.29) is 6.01 Å². The Bertz CT molecular complexity index is 351. The molecule has 0 atom stereocenters. The van der Waals surface area contributed by atoms with Gasteiger partial charge in [-0.2, -0.15) is 0 Å². The molecular weight excluding hydrogens is 204 g/mol. The van der Waals surface area contributed by atoms with Gasteiger partial charge >= 0.3 is 12.0 Å². The molecule has 0 spiro atoms. The maximum absolute atomic E-state index is 5.42. The molecule has 1 aliphatic carbocycles. The van der Waals surface area contributed by atoms with E-state index in [2.05, 4.69) is 28.9 Å². The number of aromatic nitrogens is 2. The lowest BCUT2D eigenvalue weighted by molar-refractivity contribution is 0.220. The molecule has 0 aliphatic heterocycles. The minimum Gasteiger partial charge on any atom is -0.390 e. The third-order valence-electron chi connectivity index (χ3n) is 3.59.